The van der Waals surface area contributed by atoms with Gasteiger partial charge in [-0.3, -0.25) is 14.2 Å². The summed E-state index contributed by atoms with van der Waals surface area (Å²) in [6.07, 6.45) is 72.6. The number of allylic oxidation sites excluding steroid dienone is 13. The van der Waals surface area contributed by atoms with Crippen molar-refractivity contribution in [3.8, 4) is 0 Å². The molecule has 0 aliphatic carbocycles. The number of likely N-dealkylation sites (N-methyl/N-ethyl adjacent to an activating group) is 1. The molecule has 10 heteroatoms. The average Bonchev–Trinajstić information content (AvgIpc) is 3.38. The highest BCUT2D eigenvalue weighted by Crippen LogP contribution is 2.38. The number of carbonyl (C=O) groups excluding carboxylic acids is 2. The molecule has 0 saturated carbocycles. The monoisotopic (exact) mass is 1080 g/mol. The number of amides is 1. The molecular weight excluding hydrogens is 964 g/mol. The second kappa shape index (κ2) is 55.5. The number of hydrogen-bond donors (Lipinski definition) is 1. The molecule has 0 aliphatic heterocycles. The fourth-order valence-electron chi connectivity index (χ4n) is 8.72. The van der Waals surface area contributed by atoms with Gasteiger partial charge in [0.1, 0.15) is 19.3 Å². The maximum atomic E-state index is 13.5. The van der Waals surface area contributed by atoms with Gasteiger partial charge in [-0.15, -0.1) is 0 Å². The zero-order valence-corrected chi connectivity index (χ0v) is 51.1. The Morgan fingerprint density at radius 2 is 0.842 bits per heavy atom. The van der Waals surface area contributed by atoms with Crippen molar-refractivity contribution in [2.24, 2.45) is 0 Å². The Balaban J connectivity index is 5.26. The molecule has 0 spiro atoms. The number of unbranched alkanes of at least 4 members (excludes halogenated alkanes) is 28. The molecule has 0 aromatic rings. The summed E-state index contributed by atoms with van der Waals surface area (Å²) in [5.74, 6) is -0.563. The second-order valence-corrected chi connectivity index (χ2v) is 23.6. The van der Waals surface area contributed by atoms with E-state index in [1.807, 2.05) is 33.3 Å². The lowest BCUT2D eigenvalue weighted by Gasteiger charge is -2.30. The summed E-state index contributed by atoms with van der Waals surface area (Å²) in [7, 11) is 1.17. The van der Waals surface area contributed by atoms with Crippen LogP contribution >= 0.6 is 7.82 Å². The van der Waals surface area contributed by atoms with E-state index in [4.69, 9.17) is 13.8 Å². The minimum Gasteiger partial charge on any atom is -0.756 e. The van der Waals surface area contributed by atoms with Gasteiger partial charge in [0.15, 0.2) is 0 Å². The predicted molar refractivity (Wildman–Crippen MR) is 325 cm³/mol. The van der Waals surface area contributed by atoms with E-state index in [9.17, 15) is 19.0 Å². The number of quaternary nitrogens is 1. The van der Waals surface area contributed by atoms with E-state index in [0.29, 0.717) is 23.9 Å². The van der Waals surface area contributed by atoms with Crippen LogP contribution in [0.15, 0.2) is 85.1 Å². The molecule has 9 nitrogen and oxygen atoms in total. The van der Waals surface area contributed by atoms with Crippen molar-refractivity contribution in [2.75, 3.05) is 40.9 Å². The Morgan fingerprint density at radius 3 is 1.29 bits per heavy atom. The van der Waals surface area contributed by atoms with E-state index < -0.39 is 26.6 Å². The smallest absolute Gasteiger partial charge is 0.306 e. The van der Waals surface area contributed by atoms with Crippen LogP contribution in [-0.2, 0) is 27.9 Å². The number of esters is 1. The van der Waals surface area contributed by atoms with Crippen LogP contribution in [0.25, 0.3) is 0 Å². The lowest BCUT2D eigenvalue weighted by Crippen LogP contribution is -2.47. The Bertz CT molecular complexity index is 1580. The van der Waals surface area contributed by atoms with Crippen LogP contribution in [0.3, 0.4) is 0 Å². The van der Waals surface area contributed by atoms with Gasteiger partial charge in [0, 0.05) is 12.8 Å². The van der Waals surface area contributed by atoms with Crippen LogP contribution in [0.1, 0.15) is 271 Å². The zero-order chi connectivity index (χ0) is 55.7. The van der Waals surface area contributed by atoms with Crippen LogP contribution in [0.5, 0.6) is 0 Å². The first-order chi connectivity index (χ1) is 36.9. The third kappa shape index (κ3) is 55.9. The van der Waals surface area contributed by atoms with E-state index in [1.54, 1.807) is 0 Å². The first-order valence-corrected chi connectivity index (χ1v) is 32.9. The molecule has 0 bridgehead atoms. The van der Waals surface area contributed by atoms with Gasteiger partial charge in [0.05, 0.1) is 33.8 Å². The van der Waals surface area contributed by atoms with Crippen molar-refractivity contribution in [3.05, 3.63) is 85.1 Å². The van der Waals surface area contributed by atoms with Crippen LogP contribution in [0, 0.1) is 0 Å². The summed E-state index contributed by atoms with van der Waals surface area (Å²) in [5.41, 5.74) is 0. The molecule has 3 atom stereocenters. The fourth-order valence-corrected chi connectivity index (χ4v) is 9.44. The van der Waals surface area contributed by atoms with Gasteiger partial charge < -0.3 is 28.5 Å². The summed E-state index contributed by atoms with van der Waals surface area (Å²) in [6, 6.07) is -0.901. The molecule has 0 aromatic heterocycles. The quantitative estimate of drug-likeness (QED) is 0.0212. The average molecular weight is 1080 g/mol. The van der Waals surface area contributed by atoms with E-state index in [0.717, 1.165) is 109 Å². The van der Waals surface area contributed by atoms with Gasteiger partial charge in [0.25, 0.3) is 7.82 Å². The van der Waals surface area contributed by atoms with Crippen molar-refractivity contribution < 1.29 is 37.3 Å². The largest absolute Gasteiger partial charge is 0.756 e. The zero-order valence-electron chi connectivity index (χ0n) is 50.2. The lowest BCUT2D eigenvalue weighted by atomic mass is 10.0. The molecule has 1 N–H and O–H groups in total. The Hall–Kier alpha value is -2.81. The fraction of sp³-hybridized carbons (Fsp3) is 0.758. The number of nitrogens with zero attached hydrogens (tertiary/aromatic N) is 1. The minimum absolute atomic E-state index is 0.0291. The number of carbonyl (C=O) groups is 2. The first-order valence-electron chi connectivity index (χ1n) is 31.4. The van der Waals surface area contributed by atoms with Crippen LogP contribution in [-0.4, -0.2) is 69.4 Å². The molecule has 0 aliphatic rings. The molecule has 0 radical (unpaired) electrons. The maximum Gasteiger partial charge on any atom is 0.306 e. The summed E-state index contributed by atoms with van der Waals surface area (Å²) < 4.78 is 30.3. The van der Waals surface area contributed by atoms with Gasteiger partial charge in [0.2, 0.25) is 5.91 Å². The number of rotatable bonds is 56. The van der Waals surface area contributed by atoms with Gasteiger partial charge in [-0.05, 0) is 102 Å². The van der Waals surface area contributed by atoms with Crippen LogP contribution in [0.2, 0.25) is 0 Å². The summed E-state index contributed by atoms with van der Waals surface area (Å²) in [6.45, 7) is 6.70. The van der Waals surface area contributed by atoms with Crippen molar-refractivity contribution in [1.29, 1.82) is 0 Å². The van der Waals surface area contributed by atoms with Gasteiger partial charge in [-0.1, -0.05) is 241 Å². The summed E-state index contributed by atoms with van der Waals surface area (Å²) >= 11 is 0. The molecule has 0 aromatic carbocycles. The van der Waals surface area contributed by atoms with E-state index in [-0.39, 0.29) is 24.9 Å². The lowest BCUT2D eigenvalue weighted by molar-refractivity contribution is -0.870. The number of phosphoric acid groups is 1. The Labute approximate surface area is 469 Å². The highest BCUT2D eigenvalue weighted by molar-refractivity contribution is 7.45. The number of ether oxygens (including phenoxy) is 1. The standard InChI is InChI=1S/C66H119N2O7P/c1-7-10-13-16-19-22-25-28-30-31-32-33-34-35-36-37-38-41-44-47-50-53-56-59-66(70)75-64(57-54-51-48-45-42-39-27-24-21-18-15-12-9-3)63(62-74-76(71,72)73-61-60-68(4,5)6)67-65(69)58-55-52-49-46-43-40-29-26-23-20-17-14-11-8-2/h11,14,19-20,22-23,28,30,32-33,35-36,54,57,63-64H,7-10,12-13,15-18,21,24-27,29,31,34,37-53,55-56,58-62H2,1-6H3,(H-,67,69,71,72)/b14-11+,22-19-,23-20+,30-28-,33-32-,36-35-,57-54-. The van der Waals surface area contributed by atoms with Crippen molar-refractivity contribution >= 4 is 19.7 Å². The van der Waals surface area contributed by atoms with Gasteiger partial charge in [-0.2, -0.15) is 0 Å². The van der Waals surface area contributed by atoms with Gasteiger partial charge >= 0.3 is 5.97 Å². The Morgan fingerprint density at radius 1 is 0.474 bits per heavy atom. The third-order valence-electron chi connectivity index (χ3n) is 13.6. The van der Waals surface area contributed by atoms with Crippen molar-refractivity contribution in [1.82, 2.24) is 5.32 Å². The molecule has 440 valence electrons. The first kappa shape index (κ1) is 73.2. The van der Waals surface area contributed by atoms with E-state index in [1.165, 1.54) is 122 Å². The van der Waals surface area contributed by atoms with Crippen molar-refractivity contribution in [3.63, 3.8) is 0 Å². The Kier molecular flexibility index (Phi) is 53.5. The maximum absolute atomic E-state index is 13.5. The highest BCUT2D eigenvalue weighted by Gasteiger charge is 2.27. The molecule has 0 fully saturated rings. The molecule has 76 heavy (non-hydrogen) atoms. The molecule has 1 amide bonds. The van der Waals surface area contributed by atoms with E-state index >= 15 is 0 Å². The normalized spacial score (nSPS) is 14.2. The predicted octanol–water partition coefficient (Wildman–Crippen LogP) is 18.8. The molecule has 0 heterocycles. The number of phosphoric ester groups is 1. The summed E-state index contributed by atoms with van der Waals surface area (Å²) in [5, 5.41) is 3.02. The molecule has 0 rings (SSSR count). The molecule has 3 unspecified atom stereocenters. The summed E-state index contributed by atoms with van der Waals surface area (Å²) in [4.78, 5) is 40.0. The number of hydrogen-bond acceptors (Lipinski definition) is 7. The third-order valence-corrected chi connectivity index (χ3v) is 14.5. The second-order valence-electron chi connectivity index (χ2n) is 22.2. The van der Waals surface area contributed by atoms with Crippen molar-refractivity contribution in [2.45, 2.75) is 283 Å². The van der Waals surface area contributed by atoms with Gasteiger partial charge in [-0.25, -0.2) is 0 Å². The molecule has 0 saturated heterocycles. The SMILES string of the molecule is CC/C=C/C/C=C/CCCCCCCCCC(=O)NC(COP(=O)([O-])OCC[N+](C)(C)C)C(/C=C\CCCCCCCCCCCCC)OC(=O)CCCCCCCCC/C=C\C/C=C\C/C=C\C/C=C\CCCCC. The van der Waals surface area contributed by atoms with Crippen LogP contribution < -0.4 is 10.2 Å². The number of nitrogens with one attached hydrogen (secondary N) is 1. The topological polar surface area (TPSA) is 114 Å². The van der Waals surface area contributed by atoms with E-state index in [2.05, 4.69) is 99.0 Å². The van der Waals surface area contributed by atoms with Crippen LogP contribution in [0.4, 0.5) is 0 Å². The highest BCUT2D eigenvalue weighted by atomic mass is 31.2. The molecular formula is C66H119N2O7P. The minimum atomic E-state index is -4.71.